The summed E-state index contributed by atoms with van der Waals surface area (Å²) in [5, 5.41) is 0. The maximum Gasteiger partial charge on any atom is 0.338 e. The van der Waals surface area contributed by atoms with Crippen LogP contribution in [0.3, 0.4) is 0 Å². The molecule has 1 spiro atoms. The number of fused-ring (bicyclic) bond motifs is 1. The summed E-state index contributed by atoms with van der Waals surface area (Å²) in [5.41, 5.74) is -3.04. The van der Waals surface area contributed by atoms with Crippen LogP contribution in [0.2, 0.25) is 0 Å². The SMILES string of the molecule is CC(=O)O[C@H]1[C@@H]2[C@H](OC(C)=O)[C@]3(OC2(C)C)[C@H](C)CC[C@H](OC(C)=O)[C@@]3(C)[C@@H]1OC(=O)c1ccccc1. The first-order valence-corrected chi connectivity index (χ1v) is 12.7. The van der Waals surface area contributed by atoms with E-state index in [1.54, 1.807) is 30.3 Å². The highest BCUT2D eigenvalue weighted by atomic mass is 16.6. The van der Waals surface area contributed by atoms with E-state index in [9.17, 15) is 19.2 Å². The van der Waals surface area contributed by atoms with E-state index in [4.69, 9.17) is 23.7 Å². The summed E-state index contributed by atoms with van der Waals surface area (Å²) in [5.74, 6) is -3.03. The van der Waals surface area contributed by atoms with Crippen LogP contribution in [0, 0.1) is 17.3 Å². The van der Waals surface area contributed by atoms with E-state index in [0.29, 0.717) is 18.4 Å². The molecule has 2 bridgehead atoms. The molecule has 37 heavy (non-hydrogen) atoms. The molecule has 8 atom stereocenters. The molecular formula is C28H36O9. The molecule has 1 aliphatic heterocycles. The summed E-state index contributed by atoms with van der Waals surface area (Å²) in [4.78, 5) is 50.5. The zero-order chi connectivity index (χ0) is 27.3. The molecule has 3 fully saturated rings. The van der Waals surface area contributed by atoms with Crippen LogP contribution >= 0.6 is 0 Å². The average molecular weight is 517 g/mol. The van der Waals surface area contributed by atoms with Crippen molar-refractivity contribution in [2.45, 2.75) is 96.9 Å². The smallest absolute Gasteiger partial charge is 0.338 e. The van der Waals surface area contributed by atoms with Gasteiger partial charge in [0.2, 0.25) is 0 Å². The third-order valence-corrected chi connectivity index (χ3v) is 8.48. The van der Waals surface area contributed by atoms with Gasteiger partial charge in [-0.2, -0.15) is 0 Å². The first kappa shape index (κ1) is 27.1. The average Bonchev–Trinajstić information content (AvgIpc) is 3.00. The maximum atomic E-state index is 13.4. The second kappa shape index (κ2) is 9.42. The van der Waals surface area contributed by atoms with Gasteiger partial charge in [0.25, 0.3) is 0 Å². The minimum absolute atomic E-state index is 0.172. The lowest BCUT2D eigenvalue weighted by molar-refractivity contribution is -0.299. The molecule has 0 N–H and O–H groups in total. The molecule has 1 aromatic rings. The Balaban J connectivity index is 1.96. The summed E-state index contributed by atoms with van der Waals surface area (Å²) >= 11 is 0. The fourth-order valence-electron chi connectivity index (χ4n) is 7.19. The predicted octanol–water partition coefficient (Wildman–Crippen LogP) is 3.62. The van der Waals surface area contributed by atoms with Gasteiger partial charge in [-0.15, -0.1) is 0 Å². The molecule has 0 unspecified atom stereocenters. The Hall–Kier alpha value is -2.94. The van der Waals surface area contributed by atoms with Crippen molar-refractivity contribution < 1.29 is 42.9 Å². The molecule has 0 radical (unpaired) electrons. The summed E-state index contributed by atoms with van der Waals surface area (Å²) in [6.07, 6.45) is -2.61. The second-order valence-corrected chi connectivity index (χ2v) is 11.2. The van der Waals surface area contributed by atoms with Crippen LogP contribution in [0.4, 0.5) is 0 Å². The van der Waals surface area contributed by atoms with Gasteiger partial charge in [-0.3, -0.25) is 14.4 Å². The van der Waals surface area contributed by atoms with Gasteiger partial charge >= 0.3 is 23.9 Å². The Kier molecular flexibility index (Phi) is 6.90. The molecule has 1 saturated heterocycles. The quantitative estimate of drug-likeness (QED) is 0.427. The molecule has 202 valence electrons. The van der Waals surface area contributed by atoms with Crippen LogP contribution < -0.4 is 0 Å². The van der Waals surface area contributed by atoms with Crippen LogP contribution in [0.15, 0.2) is 30.3 Å². The molecule has 3 aliphatic rings. The molecule has 2 saturated carbocycles. The van der Waals surface area contributed by atoms with Crippen molar-refractivity contribution in [1.82, 2.24) is 0 Å². The van der Waals surface area contributed by atoms with E-state index in [1.165, 1.54) is 20.8 Å². The topological polar surface area (TPSA) is 114 Å². The molecule has 9 heteroatoms. The van der Waals surface area contributed by atoms with Crippen LogP contribution in [-0.4, -0.2) is 59.5 Å². The minimum atomic E-state index is -1.23. The van der Waals surface area contributed by atoms with Gasteiger partial charge < -0.3 is 23.7 Å². The summed E-state index contributed by atoms with van der Waals surface area (Å²) in [6.45, 7) is 11.4. The molecule has 0 amide bonds. The number of hydrogen-bond acceptors (Lipinski definition) is 9. The lowest BCUT2D eigenvalue weighted by atomic mass is 9.48. The Labute approximate surface area is 217 Å². The largest absolute Gasteiger partial charge is 0.462 e. The molecular weight excluding hydrogens is 480 g/mol. The molecule has 1 heterocycles. The first-order chi connectivity index (χ1) is 17.3. The standard InChI is InChI=1S/C28H36O9/c1-15-13-14-20(33-16(2)29)27(7)24(36-25(32)19-11-9-8-10-12-19)22(34-17(3)30)21-23(35-18(4)31)28(15,27)37-26(21,5)6/h8-12,15,20-24H,13-14H2,1-7H3/t15-,20+,21-,22+,23+,24-,27+,28-/m1/s1. The maximum absolute atomic E-state index is 13.4. The Bertz CT molecular complexity index is 1080. The molecule has 0 aromatic heterocycles. The zero-order valence-electron chi connectivity index (χ0n) is 22.4. The van der Waals surface area contributed by atoms with E-state index in [2.05, 4.69) is 0 Å². The normalized spacial score (nSPS) is 37.6. The number of rotatable bonds is 5. The fraction of sp³-hybridized carbons (Fsp3) is 0.643. The van der Waals surface area contributed by atoms with Crippen LogP contribution in [0.5, 0.6) is 0 Å². The molecule has 4 rings (SSSR count). The predicted molar refractivity (Wildman–Crippen MR) is 130 cm³/mol. The van der Waals surface area contributed by atoms with Gasteiger partial charge in [-0.25, -0.2) is 4.79 Å². The zero-order valence-corrected chi connectivity index (χ0v) is 22.4. The number of benzene rings is 1. The molecule has 2 aliphatic carbocycles. The monoisotopic (exact) mass is 516 g/mol. The van der Waals surface area contributed by atoms with Crippen molar-refractivity contribution in [3.63, 3.8) is 0 Å². The fourth-order valence-corrected chi connectivity index (χ4v) is 7.19. The van der Waals surface area contributed by atoms with Crippen molar-refractivity contribution in [2.75, 3.05) is 0 Å². The van der Waals surface area contributed by atoms with E-state index >= 15 is 0 Å². The van der Waals surface area contributed by atoms with Gasteiger partial charge in [0.15, 0.2) is 6.10 Å². The number of carbonyl (C=O) groups is 4. The summed E-state index contributed by atoms with van der Waals surface area (Å²) < 4.78 is 30.8. The van der Waals surface area contributed by atoms with Gasteiger partial charge in [0.1, 0.15) is 23.9 Å². The lowest BCUT2D eigenvalue weighted by Crippen LogP contribution is -2.76. The first-order valence-electron chi connectivity index (χ1n) is 12.7. The molecule has 1 aromatic carbocycles. The van der Waals surface area contributed by atoms with E-state index in [-0.39, 0.29) is 5.92 Å². The van der Waals surface area contributed by atoms with E-state index < -0.39 is 70.8 Å². The van der Waals surface area contributed by atoms with Crippen molar-refractivity contribution in [2.24, 2.45) is 17.3 Å². The van der Waals surface area contributed by atoms with Crippen LogP contribution in [0.1, 0.15) is 71.7 Å². The van der Waals surface area contributed by atoms with Crippen molar-refractivity contribution in [3.05, 3.63) is 35.9 Å². The number of carbonyl (C=O) groups excluding carboxylic acids is 4. The Morgan fingerprint density at radius 1 is 0.811 bits per heavy atom. The second-order valence-electron chi connectivity index (χ2n) is 11.2. The van der Waals surface area contributed by atoms with Crippen molar-refractivity contribution >= 4 is 23.9 Å². The van der Waals surface area contributed by atoms with Crippen LogP contribution in [-0.2, 0) is 38.1 Å². The third-order valence-electron chi connectivity index (χ3n) is 8.48. The van der Waals surface area contributed by atoms with Gasteiger partial charge in [0, 0.05) is 20.8 Å². The Morgan fingerprint density at radius 3 is 1.97 bits per heavy atom. The molecule has 9 nitrogen and oxygen atoms in total. The van der Waals surface area contributed by atoms with E-state index in [1.807, 2.05) is 27.7 Å². The van der Waals surface area contributed by atoms with Crippen molar-refractivity contribution in [3.8, 4) is 0 Å². The summed E-state index contributed by atoms with van der Waals surface area (Å²) in [7, 11) is 0. The number of hydrogen-bond donors (Lipinski definition) is 0. The van der Waals surface area contributed by atoms with Crippen molar-refractivity contribution in [1.29, 1.82) is 0 Å². The third kappa shape index (κ3) is 4.21. The highest BCUT2D eigenvalue weighted by Gasteiger charge is 2.82. The lowest BCUT2D eigenvalue weighted by Gasteiger charge is -2.62. The van der Waals surface area contributed by atoms with Crippen LogP contribution in [0.25, 0.3) is 0 Å². The summed E-state index contributed by atoms with van der Waals surface area (Å²) in [6, 6.07) is 8.50. The Morgan fingerprint density at radius 2 is 1.41 bits per heavy atom. The highest BCUT2D eigenvalue weighted by Crippen LogP contribution is 2.68. The van der Waals surface area contributed by atoms with Gasteiger partial charge in [0.05, 0.1) is 22.5 Å². The van der Waals surface area contributed by atoms with Gasteiger partial charge in [-0.05, 0) is 51.7 Å². The van der Waals surface area contributed by atoms with E-state index in [0.717, 1.165) is 0 Å². The van der Waals surface area contributed by atoms with Gasteiger partial charge in [-0.1, -0.05) is 25.1 Å². The minimum Gasteiger partial charge on any atom is -0.462 e. The number of ether oxygens (including phenoxy) is 5. The number of esters is 4. The highest BCUT2D eigenvalue weighted by molar-refractivity contribution is 5.89.